The fourth-order valence-electron chi connectivity index (χ4n) is 1.86. The number of hydrogen-bond donors (Lipinski definition) is 2. The van der Waals surface area contributed by atoms with Crippen LogP contribution in [-0.2, 0) is 0 Å². The molecule has 0 aliphatic rings. The van der Waals surface area contributed by atoms with Gasteiger partial charge >= 0.3 is 0 Å². The summed E-state index contributed by atoms with van der Waals surface area (Å²) in [6.07, 6.45) is 1.40. The van der Waals surface area contributed by atoms with Gasteiger partial charge in [0, 0.05) is 12.1 Å². The maximum atomic E-state index is 11.9. The van der Waals surface area contributed by atoms with Crippen LogP contribution < -0.4 is 10.2 Å². The first kappa shape index (κ1) is 16.9. The minimum absolute atomic E-state index is 0.229. The molecule has 2 aromatic carbocycles. The maximum absolute atomic E-state index is 11.9. The van der Waals surface area contributed by atoms with Crippen molar-refractivity contribution in [2.24, 2.45) is 5.10 Å². The molecule has 0 bridgehead atoms. The molecular weight excluding hydrogens is 314 g/mol. The summed E-state index contributed by atoms with van der Waals surface area (Å²) in [7, 11) is 0. The zero-order valence-electron chi connectivity index (χ0n) is 12.8. The first-order valence-corrected chi connectivity index (χ1v) is 7.05. The van der Waals surface area contributed by atoms with Crippen molar-refractivity contribution in [3.05, 3.63) is 63.7 Å². The van der Waals surface area contributed by atoms with Crippen LogP contribution in [0, 0.1) is 10.1 Å². The van der Waals surface area contributed by atoms with Gasteiger partial charge in [-0.2, -0.15) is 5.10 Å². The molecule has 0 heterocycles. The Kier molecular flexibility index (Phi) is 5.45. The molecule has 0 atom stereocenters. The number of hydrazone groups is 1. The monoisotopic (exact) mass is 329 g/mol. The van der Waals surface area contributed by atoms with Gasteiger partial charge in [0.2, 0.25) is 0 Å². The lowest BCUT2D eigenvalue weighted by Crippen LogP contribution is -2.18. The van der Waals surface area contributed by atoms with Crippen LogP contribution in [-0.4, -0.2) is 28.8 Å². The van der Waals surface area contributed by atoms with Crippen molar-refractivity contribution in [1.29, 1.82) is 0 Å². The number of phenolic OH excluding ortho intramolecular Hbond substituents is 1. The van der Waals surface area contributed by atoms with E-state index in [-0.39, 0.29) is 17.0 Å². The van der Waals surface area contributed by atoms with Crippen molar-refractivity contribution in [1.82, 2.24) is 5.43 Å². The molecule has 0 fully saturated rings. The molecule has 2 aromatic rings. The van der Waals surface area contributed by atoms with E-state index in [4.69, 9.17) is 4.74 Å². The molecule has 0 saturated heterocycles. The largest absolute Gasteiger partial charge is 0.507 e. The Morgan fingerprint density at radius 3 is 2.67 bits per heavy atom. The molecule has 0 aromatic heterocycles. The van der Waals surface area contributed by atoms with Crippen molar-refractivity contribution in [3.8, 4) is 11.5 Å². The van der Waals surface area contributed by atoms with Gasteiger partial charge in [-0.05, 0) is 42.8 Å². The van der Waals surface area contributed by atoms with E-state index in [1.165, 1.54) is 6.21 Å². The Balaban J connectivity index is 2.04. The second-order valence-corrected chi connectivity index (χ2v) is 4.66. The van der Waals surface area contributed by atoms with Crippen molar-refractivity contribution in [2.75, 3.05) is 6.61 Å². The number of non-ortho nitro benzene ring substituents is 1. The molecule has 0 aliphatic heterocycles. The first-order valence-electron chi connectivity index (χ1n) is 7.05. The SMILES string of the molecule is CCOc1ccc(/C=N/NC(=O)c2cc([N+](=O)[O-])ccc2O)cc1. The normalized spacial score (nSPS) is 10.5. The smallest absolute Gasteiger partial charge is 0.275 e. The van der Waals surface area contributed by atoms with Crippen molar-refractivity contribution >= 4 is 17.8 Å². The van der Waals surface area contributed by atoms with E-state index in [1.54, 1.807) is 24.3 Å². The van der Waals surface area contributed by atoms with E-state index in [0.29, 0.717) is 6.61 Å². The van der Waals surface area contributed by atoms with Gasteiger partial charge in [0.05, 0.1) is 23.3 Å². The van der Waals surface area contributed by atoms with Gasteiger partial charge in [-0.3, -0.25) is 14.9 Å². The van der Waals surface area contributed by atoms with E-state index in [0.717, 1.165) is 29.5 Å². The topological polar surface area (TPSA) is 114 Å². The number of carbonyl (C=O) groups excluding carboxylic acids is 1. The number of nitrogens with one attached hydrogen (secondary N) is 1. The third-order valence-electron chi connectivity index (χ3n) is 3.01. The number of aromatic hydroxyl groups is 1. The number of phenols is 1. The number of nitro benzene ring substituents is 1. The summed E-state index contributed by atoms with van der Waals surface area (Å²) >= 11 is 0. The lowest BCUT2D eigenvalue weighted by molar-refractivity contribution is -0.384. The molecule has 0 unspecified atom stereocenters. The molecule has 124 valence electrons. The number of benzene rings is 2. The number of amides is 1. The molecule has 24 heavy (non-hydrogen) atoms. The first-order chi connectivity index (χ1) is 11.5. The Labute approximate surface area is 137 Å². The van der Waals surface area contributed by atoms with Gasteiger partial charge in [-0.15, -0.1) is 0 Å². The highest BCUT2D eigenvalue weighted by Gasteiger charge is 2.15. The highest BCUT2D eigenvalue weighted by Crippen LogP contribution is 2.22. The van der Waals surface area contributed by atoms with Gasteiger partial charge in [0.15, 0.2) is 0 Å². The fourth-order valence-corrected chi connectivity index (χ4v) is 1.86. The van der Waals surface area contributed by atoms with Crippen LogP contribution in [0.5, 0.6) is 11.5 Å². The molecule has 8 heteroatoms. The Morgan fingerprint density at radius 1 is 1.33 bits per heavy atom. The summed E-state index contributed by atoms with van der Waals surface area (Å²) in [5.41, 5.74) is 2.41. The molecule has 0 spiro atoms. The minimum atomic E-state index is -0.751. The summed E-state index contributed by atoms with van der Waals surface area (Å²) < 4.78 is 5.31. The van der Waals surface area contributed by atoms with Gasteiger partial charge in [-0.25, -0.2) is 5.43 Å². The molecule has 2 rings (SSSR count). The molecule has 2 N–H and O–H groups in total. The van der Waals surface area contributed by atoms with Crippen LogP contribution in [0.2, 0.25) is 0 Å². The summed E-state index contributed by atoms with van der Waals surface area (Å²) in [6, 6.07) is 10.2. The summed E-state index contributed by atoms with van der Waals surface area (Å²) in [5.74, 6) is -0.395. The average Bonchev–Trinajstić information content (AvgIpc) is 2.56. The van der Waals surface area contributed by atoms with Gasteiger partial charge in [0.1, 0.15) is 11.5 Å². The van der Waals surface area contributed by atoms with Crippen LogP contribution >= 0.6 is 0 Å². The average molecular weight is 329 g/mol. The van der Waals surface area contributed by atoms with Crippen molar-refractivity contribution in [2.45, 2.75) is 6.92 Å². The fraction of sp³-hybridized carbons (Fsp3) is 0.125. The van der Waals surface area contributed by atoms with Gasteiger partial charge in [-0.1, -0.05) is 0 Å². The number of ether oxygens (including phenoxy) is 1. The molecule has 0 radical (unpaired) electrons. The number of nitro groups is 1. The molecule has 0 saturated carbocycles. The molecule has 0 aliphatic carbocycles. The Bertz CT molecular complexity index is 772. The Hall–Kier alpha value is -3.42. The molecule has 1 amide bonds. The van der Waals surface area contributed by atoms with Crippen LogP contribution in [0.25, 0.3) is 0 Å². The predicted octanol–water partition coefficient (Wildman–Crippen LogP) is 2.46. The lowest BCUT2D eigenvalue weighted by atomic mass is 10.1. The maximum Gasteiger partial charge on any atom is 0.275 e. The third-order valence-corrected chi connectivity index (χ3v) is 3.01. The zero-order chi connectivity index (χ0) is 17.5. The van der Waals surface area contributed by atoms with E-state index < -0.39 is 10.8 Å². The van der Waals surface area contributed by atoms with Crippen LogP contribution in [0.1, 0.15) is 22.8 Å². The summed E-state index contributed by atoms with van der Waals surface area (Å²) in [4.78, 5) is 22.0. The van der Waals surface area contributed by atoms with E-state index in [1.807, 2.05) is 6.92 Å². The summed E-state index contributed by atoms with van der Waals surface area (Å²) in [5, 5.41) is 24.1. The predicted molar refractivity (Wildman–Crippen MR) is 87.4 cm³/mol. The number of carbonyl (C=O) groups is 1. The van der Waals surface area contributed by atoms with E-state index in [2.05, 4.69) is 10.5 Å². The summed E-state index contributed by atoms with van der Waals surface area (Å²) in [6.45, 7) is 2.45. The second-order valence-electron chi connectivity index (χ2n) is 4.66. The number of nitrogens with zero attached hydrogens (tertiary/aromatic N) is 2. The quantitative estimate of drug-likeness (QED) is 0.480. The Morgan fingerprint density at radius 2 is 2.04 bits per heavy atom. The minimum Gasteiger partial charge on any atom is -0.507 e. The highest BCUT2D eigenvalue weighted by atomic mass is 16.6. The number of rotatable bonds is 6. The molecule has 8 nitrogen and oxygen atoms in total. The molecular formula is C16H15N3O5. The second kappa shape index (κ2) is 7.73. The lowest BCUT2D eigenvalue weighted by Gasteiger charge is -2.03. The van der Waals surface area contributed by atoms with E-state index >= 15 is 0 Å². The zero-order valence-corrected chi connectivity index (χ0v) is 12.8. The van der Waals surface area contributed by atoms with Crippen LogP contribution in [0.3, 0.4) is 0 Å². The van der Waals surface area contributed by atoms with Gasteiger partial charge < -0.3 is 9.84 Å². The highest BCUT2D eigenvalue weighted by molar-refractivity contribution is 5.97. The third kappa shape index (κ3) is 4.29. The standard InChI is InChI=1S/C16H15N3O5/c1-2-24-13-6-3-11(4-7-13)10-17-18-16(21)14-9-12(19(22)23)5-8-15(14)20/h3-10,20H,2H2,1H3,(H,18,21)/b17-10+. The van der Waals surface area contributed by atoms with Gasteiger partial charge in [0.25, 0.3) is 11.6 Å². The van der Waals surface area contributed by atoms with Crippen molar-refractivity contribution in [3.63, 3.8) is 0 Å². The number of hydrogen-bond acceptors (Lipinski definition) is 6. The van der Waals surface area contributed by atoms with Crippen LogP contribution in [0.15, 0.2) is 47.6 Å². The van der Waals surface area contributed by atoms with Crippen molar-refractivity contribution < 1.29 is 19.6 Å². The van der Waals surface area contributed by atoms with Crippen LogP contribution in [0.4, 0.5) is 5.69 Å². The van der Waals surface area contributed by atoms with E-state index in [9.17, 15) is 20.0 Å².